The van der Waals surface area contributed by atoms with E-state index in [1.165, 1.54) is 0 Å². The number of rotatable bonds is 3. The Hall–Kier alpha value is -1.45. The number of hydrogen-bond donors (Lipinski definition) is 0. The van der Waals surface area contributed by atoms with Gasteiger partial charge in [-0.05, 0) is 18.4 Å². The van der Waals surface area contributed by atoms with Gasteiger partial charge in [-0.3, -0.25) is 0 Å². The first kappa shape index (κ1) is 12.0. The molecule has 92 valence electrons. The standard InChI is InChI=1S/C13H13F3O/c1-17-12-5-3-2-4-9(12)6-7-10-8-11(10)13(14,15)16/h2-7,10-11H,8H2,1H3/b7-6+/t10-,11-/m1/s1. The lowest BCUT2D eigenvalue weighted by molar-refractivity contribution is -0.149. The molecule has 17 heavy (non-hydrogen) atoms. The van der Waals surface area contributed by atoms with Crippen molar-refractivity contribution >= 4 is 6.08 Å². The summed E-state index contributed by atoms with van der Waals surface area (Å²) in [6.07, 6.45) is -0.532. The molecule has 0 unspecified atom stereocenters. The first-order valence-corrected chi connectivity index (χ1v) is 5.40. The van der Waals surface area contributed by atoms with Crippen LogP contribution in [0.5, 0.6) is 5.75 Å². The van der Waals surface area contributed by atoms with E-state index in [1.54, 1.807) is 25.3 Å². The fourth-order valence-corrected chi connectivity index (χ4v) is 1.84. The van der Waals surface area contributed by atoms with E-state index in [0.717, 1.165) is 5.56 Å². The summed E-state index contributed by atoms with van der Waals surface area (Å²) in [5.74, 6) is -0.860. The molecule has 0 saturated heterocycles. The summed E-state index contributed by atoms with van der Waals surface area (Å²) < 4.78 is 42.0. The van der Waals surface area contributed by atoms with Gasteiger partial charge in [0.05, 0.1) is 13.0 Å². The van der Waals surface area contributed by atoms with Gasteiger partial charge >= 0.3 is 6.18 Å². The lowest BCUT2D eigenvalue weighted by Gasteiger charge is -2.04. The molecule has 1 fully saturated rings. The molecule has 0 N–H and O–H groups in total. The molecular weight excluding hydrogens is 229 g/mol. The molecule has 1 nitrogen and oxygen atoms in total. The Morgan fingerprint density at radius 2 is 2.00 bits per heavy atom. The highest BCUT2D eigenvalue weighted by molar-refractivity contribution is 5.57. The summed E-state index contributed by atoms with van der Waals surface area (Å²) in [5.41, 5.74) is 0.808. The van der Waals surface area contributed by atoms with Crippen molar-refractivity contribution in [2.45, 2.75) is 12.6 Å². The highest BCUT2D eigenvalue weighted by Crippen LogP contribution is 2.51. The van der Waals surface area contributed by atoms with Crippen molar-refractivity contribution in [1.29, 1.82) is 0 Å². The monoisotopic (exact) mass is 242 g/mol. The van der Waals surface area contributed by atoms with E-state index in [9.17, 15) is 13.2 Å². The minimum Gasteiger partial charge on any atom is -0.496 e. The maximum absolute atomic E-state index is 12.3. The van der Waals surface area contributed by atoms with Crippen molar-refractivity contribution in [3.05, 3.63) is 35.9 Å². The van der Waals surface area contributed by atoms with Gasteiger partial charge < -0.3 is 4.74 Å². The number of allylic oxidation sites excluding steroid dienone is 1. The summed E-state index contributed by atoms with van der Waals surface area (Å²) in [6, 6.07) is 7.26. The SMILES string of the molecule is COc1ccccc1/C=C/[C@@H]1C[C@H]1C(F)(F)F. The molecular formula is C13H13F3O. The molecule has 0 spiro atoms. The maximum Gasteiger partial charge on any atom is 0.392 e. The lowest BCUT2D eigenvalue weighted by atomic mass is 10.1. The molecule has 1 saturated carbocycles. The molecule has 0 aromatic heterocycles. The number of benzene rings is 1. The van der Waals surface area contributed by atoms with Gasteiger partial charge in [0.25, 0.3) is 0 Å². The van der Waals surface area contributed by atoms with Crippen molar-refractivity contribution in [1.82, 2.24) is 0 Å². The van der Waals surface area contributed by atoms with Crippen LogP contribution in [0.1, 0.15) is 12.0 Å². The zero-order chi connectivity index (χ0) is 12.5. The van der Waals surface area contributed by atoms with Crippen molar-refractivity contribution in [3.8, 4) is 5.75 Å². The Morgan fingerprint density at radius 1 is 1.29 bits per heavy atom. The van der Waals surface area contributed by atoms with E-state index in [2.05, 4.69) is 0 Å². The Kier molecular flexibility index (Phi) is 3.13. The van der Waals surface area contributed by atoms with Gasteiger partial charge in [-0.15, -0.1) is 0 Å². The number of methoxy groups -OCH3 is 1. The van der Waals surface area contributed by atoms with Crippen LogP contribution in [0.15, 0.2) is 30.3 Å². The van der Waals surface area contributed by atoms with Crippen molar-refractivity contribution in [3.63, 3.8) is 0 Å². The van der Waals surface area contributed by atoms with E-state index in [-0.39, 0.29) is 12.3 Å². The van der Waals surface area contributed by atoms with Crippen LogP contribution in [0.25, 0.3) is 6.08 Å². The van der Waals surface area contributed by atoms with Crippen LogP contribution >= 0.6 is 0 Å². The van der Waals surface area contributed by atoms with Gasteiger partial charge in [-0.25, -0.2) is 0 Å². The average Bonchev–Trinajstić information content (AvgIpc) is 3.06. The van der Waals surface area contributed by atoms with Gasteiger partial charge in [0.2, 0.25) is 0 Å². The van der Waals surface area contributed by atoms with Crippen LogP contribution in [0.2, 0.25) is 0 Å². The quantitative estimate of drug-likeness (QED) is 0.780. The van der Waals surface area contributed by atoms with Gasteiger partial charge in [0, 0.05) is 5.56 Å². The summed E-state index contributed by atoms with van der Waals surface area (Å²) in [7, 11) is 1.54. The van der Waals surface area contributed by atoms with Crippen molar-refractivity contribution < 1.29 is 17.9 Å². The third kappa shape index (κ3) is 2.81. The highest BCUT2D eigenvalue weighted by atomic mass is 19.4. The predicted octanol–water partition coefficient (Wildman–Crippen LogP) is 3.91. The van der Waals surface area contributed by atoms with Crippen LogP contribution in [0, 0.1) is 11.8 Å². The molecule has 1 aliphatic rings. The Bertz CT molecular complexity index is 423. The van der Waals surface area contributed by atoms with Crippen LogP contribution in [-0.2, 0) is 0 Å². The number of para-hydroxylation sites is 1. The van der Waals surface area contributed by atoms with Gasteiger partial charge in [0.15, 0.2) is 0 Å². The normalized spacial score (nSPS) is 24.0. The van der Waals surface area contributed by atoms with E-state index in [4.69, 9.17) is 4.74 Å². The van der Waals surface area contributed by atoms with E-state index < -0.39 is 12.1 Å². The molecule has 0 radical (unpaired) electrons. The zero-order valence-corrected chi connectivity index (χ0v) is 9.37. The van der Waals surface area contributed by atoms with Gasteiger partial charge in [0.1, 0.15) is 5.75 Å². The molecule has 1 aromatic carbocycles. The second-order valence-electron chi connectivity index (χ2n) is 4.15. The smallest absolute Gasteiger partial charge is 0.392 e. The number of halogens is 3. The van der Waals surface area contributed by atoms with E-state index >= 15 is 0 Å². The fourth-order valence-electron chi connectivity index (χ4n) is 1.84. The molecule has 0 heterocycles. The second kappa shape index (κ2) is 4.43. The van der Waals surface area contributed by atoms with Crippen molar-refractivity contribution in [2.24, 2.45) is 11.8 Å². The molecule has 1 aromatic rings. The third-order valence-corrected chi connectivity index (χ3v) is 2.92. The highest BCUT2D eigenvalue weighted by Gasteiger charge is 2.54. The van der Waals surface area contributed by atoms with Crippen LogP contribution in [0.4, 0.5) is 13.2 Å². The molecule has 0 bridgehead atoms. The molecule has 4 heteroatoms. The topological polar surface area (TPSA) is 9.23 Å². The number of alkyl halides is 3. The van der Waals surface area contributed by atoms with E-state index in [0.29, 0.717) is 5.75 Å². The summed E-state index contributed by atoms with van der Waals surface area (Å²) in [6.45, 7) is 0. The fraction of sp³-hybridized carbons (Fsp3) is 0.385. The van der Waals surface area contributed by atoms with Crippen molar-refractivity contribution in [2.75, 3.05) is 7.11 Å². The molecule has 2 rings (SSSR count). The zero-order valence-electron chi connectivity index (χ0n) is 9.37. The van der Waals surface area contributed by atoms with Crippen LogP contribution in [-0.4, -0.2) is 13.3 Å². The Morgan fingerprint density at radius 3 is 2.59 bits per heavy atom. The first-order chi connectivity index (χ1) is 8.02. The summed E-state index contributed by atoms with van der Waals surface area (Å²) in [4.78, 5) is 0. The second-order valence-corrected chi connectivity index (χ2v) is 4.15. The average molecular weight is 242 g/mol. The number of hydrogen-bond acceptors (Lipinski definition) is 1. The first-order valence-electron chi connectivity index (χ1n) is 5.40. The Balaban J connectivity index is 2.03. The molecule has 0 amide bonds. The predicted molar refractivity (Wildman–Crippen MR) is 59.7 cm³/mol. The summed E-state index contributed by atoms with van der Waals surface area (Å²) in [5, 5.41) is 0. The third-order valence-electron chi connectivity index (χ3n) is 2.92. The van der Waals surface area contributed by atoms with E-state index in [1.807, 2.05) is 18.2 Å². The maximum atomic E-state index is 12.3. The van der Waals surface area contributed by atoms with Gasteiger partial charge in [-0.2, -0.15) is 13.2 Å². The van der Waals surface area contributed by atoms with Gasteiger partial charge in [-0.1, -0.05) is 30.4 Å². The van der Waals surface area contributed by atoms with Crippen LogP contribution < -0.4 is 4.74 Å². The lowest BCUT2D eigenvalue weighted by Crippen LogP contribution is -2.11. The number of ether oxygens (including phenoxy) is 1. The largest absolute Gasteiger partial charge is 0.496 e. The summed E-state index contributed by atoms with van der Waals surface area (Å²) >= 11 is 0. The Labute approximate surface area is 97.9 Å². The molecule has 0 aliphatic heterocycles. The molecule has 2 atom stereocenters. The minimum absolute atomic E-state index is 0.204. The minimum atomic E-state index is -4.06. The van der Waals surface area contributed by atoms with Crippen LogP contribution in [0.3, 0.4) is 0 Å². The molecule has 1 aliphatic carbocycles.